The van der Waals surface area contributed by atoms with Crippen molar-refractivity contribution >= 4 is 11.4 Å². The highest BCUT2D eigenvalue weighted by atomic mass is 15.1. The maximum Gasteiger partial charge on any atom is 0.0539 e. The maximum atomic E-state index is 5.69. The van der Waals surface area contributed by atoms with Gasteiger partial charge in [0.05, 0.1) is 12.2 Å². The summed E-state index contributed by atoms with van der Waals surface area (Å²) >= 11 is 0. The Labute approximate surface area is 88.5 Å². The third-order valence-corrected chi connectivity index (χ3v) is 2.29. The van der Waals surface area contributed by atoms with Crippen LogP contribution in [0.25, 0.3) is 0 Å². The fourth-order valence-corrected chi connectivity index (χ4v) is 1.46. The maximum absolute atomic E-state index is 5.69. The molecular weight excluding hydrogens is 188 g/mol. The van der Waals surface area contributed by atoms with E-state index in [1.165, 1.54) is 0 Å². The van der Waals surface area contributed by atoms with Crippen molar-refractivity contribution in [1.82, 2.24) is 10.2 Å². The minimum absolute atomic E-state index is 0.213. The summed E-state index contributed by atoms with van der Waals surface area (Å²) in [7, 11) is 0. The normalized spacial score (nSPS) is 12.3. The van der Waals surface area contributed by atoms with Crippen LogP contribution in [0.5, 0.6) is 0 Å². The zero-order valence-electron chi connectivity index (χ0n) is 8.57. The molecule has 0 spiro atoms. The first-order chi connectivity index (χ1) is 7.25. The van der Waals surface area contributed by atoms with E-state index in [2.05, 4.69) is 22.4 Å². The quantitative estimate of drug-likeness (QED) is 0.668. The summed E-state index contributed by atoms with van der Waals surface area (Å²) < 4.78 is 0. The molecule has 0 saturated carbocycles. The molecule has 1 heterocycles. The fraction of sp³-hybridized carbons (Fsp3) is 0.182. The van der Waals surface area contributed by atoms with Crippen LogP contribution in [0.4, 0.5) is 11.4 Å². The first-order valence-electron chi connectivity index (χ1n) is 4.86. The van der Waals surface area contributed by atoms with Crippen molar-refractivity contribution in [1.29, 1.82) is 0 Å². The van der Waals surface area contributed by atoms with E-state index in [-0.39, 0.29) is 6.04 Å². The minimum Gasteiger partial charge on any atom is -0.399 e. The predicted molar refractivity (Wildman–Crippen MR) is 61.5 cm³/mol. The van der Waals surface area contributed by atoms with E-state index in [0.29, 0.717) is 0 Å². The number of aromatic amines is 1. The zero-order valence-corrected chi connectivity index (χ0v) is 8.57. The zero-order chi connectivity index (χ0) is 10.7. The number of benzene rings is 1. The van der Waals surface area contributed by atoms with Gasteiger partial charge in [0, 0.05) is 23.1 Å². The van der Waals surface area contributed by atoms with E-state index in [1.54, 1.807) is 0 Å². The molecule has 0 aliphatic heterocycles. The van der Waals surface area contributed by atoms with Crippen molar-refractivity contribution in [3.05, 3.63) is 42.2 Å². The molecule has 1 aromatic carbocycles. The van der Waals surface area contributed by atoms with Gasteiger partial charge in [-0.3, -0.25) is 5.10 Å². The fourth-order valence-electron chi connectivity index (χ4n) is 1.46. The average Bonchev–Trinajstić information content (AvgIpc) is 2.70. The van der Waals surface area contributed by atoms with Crippen LogP contribution in [-0.2, 0) is 0 Å². The van der Waals surface area contributed by atoms with Crippen LogP contribution < -0.4 is 11.1 Å². The van der Waals surface area contributed by atoms with Gasteiger partial charge >= 0.3 is 0 Å². The second-order valence-electron chi connectivity index (χ2n) is 3.52. The number of hydrogen-bond donors (Lipinski definition) is 3. The van der Waals surface area contributed by atoms with Crippen molar-refractivity contribution in [2.24, 2.45) is 0 Å². The summed E-state index contributed by atoms with van der Waals surface area (Å²) in [5, 5.41) is 10.1. The third-order valence-electron chi connectivity index (χ3n) is 2.29. The molecule has 78 valence electrons. The second kappa shape index (κ2) is 4.04. The van der Waals surface area contributed by atoms with E-state index in [1.807, 2.05) is 36.7 Å². The smallest absolute Gasteiger partial charge is 0.0539 e. The second-order valence-corrected chi connectivity index (χ2v) is 3.52. The van der Waals surface area contributed by atoms with Gasteiger partial charge in [-0.1, -0.05) is 6.07 Å². The van der Waals surface area contributed by atoms with Crippen molar-refractivity contribution in [3.8, 4) is 0 Å². The highest BCUT2D eigenvalue weighted by Crippen LogP contribution is 2.19. The molecule has 4 N–H and O–H groups in total. The number of nitrogens with zero attached hydrogens (tertiary/aromatic N) is 1. The van der Waals surface area contributed by atoms with Gasteiger partial charge in [0.25, 0.3) is 0 Å². The summed E-state index contributed by atoms with van der Waals surface area (Å²) in [4.78, 5) is 0. The number of aromatic nitrogens is 2. The number of H-pyrrole nitrogens is 1. The van der Waals surface area contributed by atoms with E-state index >= 15 is 0 Å². The lowest BCUT2D eigenvalue weighted by atomic mass is 10.2. The molecule has 2 aromatic rings. The van der Waals surface area contributed by atoms with Gasteiger partial charge in [0.2, 0.25) is 0 Å². The largest absolute Gasteiger partial charge is 0.399 e. The lowest BCUT2D eigenvalue weighted by molar-refractivity contribution is 0.886. The highest BCUT2D eigenvalue weighted by molar-refractivity contribution is 5.54. The summed E-state index contributed by atoms with van der Waals surface area (Å²) in [6.07, 6.45) is 3.69. The number of anilines is 2. The Morgan fingerprint density at radius 2 is 2.33 bits per heavy atom. The van der Waals surface area contributed by atoms with Gasteiger partial charge in [0.15, 0.2) is 0 Å². The Kier molecular flexibility index (Phi) is 2.58. The first kappa shape index (κ1) is 9.58. The monoisotopic (exact) mass is 202 g/mol. The molecule has 0 saturated heterocycles. The molecule has 0 fully saturated rings. The number of hydrogen-bond acceptors (Lipinski definition) is 3. The first-order valence-corrected chi connectivity index (χ1v) is 4.86. The molecular formula is C11H14N4. The van der Waals surface area contributed by atoms with Crippen LogP contribution in [0, 0.1) is 0 Å². The molecule has 1 aromatic heterocycles. The molecule has 0 radical (unpaired) electrons. The van der Waals surface area contributed by atoms with Gasteiger partial charge in [-0.2, -0.15) is 5.10 Å². The molecule has 0 bridgehead atoms. The Hall–Kier alpha value is -1.97. The van der Waals surface area contributed by atoms with E-state index in [9.17, 15) is 0 Å². The third kappa shape index (κ3) is 2.28. The van der Waals surface area contributed by atoms with Crippen LogP contribution in [0.15, 0.2) is 36.7 Å². The Balaban J connectivity index is 2.09. The summed E-state index contributed by atoms with van der Waals surface area (Å²) in [6.45, 7) is 2.08. The molecule has 1 atom stereocenters. The van der Waals surface area contributed by atoms with E-state index < -0.39 is 0 Å². The van der Waals surface area contributed by atoms with Crippen LogP contribution in [0.2, 0.25) is 0 Å². The SMILES string of the molecule is CC(Nc1cccc(N)c1)c1cn[nH]c1. The van der Waals surface area contributed by atoms with Gasteiger partial charge < -0.3 is 11.1 Å². The molecule has 2 rings (SSSR count). The van der Waals surface area contributed by atoms with E-state index in [0.717, 1.165) is 16.9 Å². The van der Waals surface area contributed by atoms with Gasteiger partial charge in [-0.05, 0) is 25.1 Å². The summed E-state index contributed by atoms with van der Waals surface area (Å²) in [5.41, 5.74) is 8.60. The van der Waals surface area contributed by atoms with Crippen molar-refractivity contribution in [2.75, 3.05) is 11.1 Å². The molecule has 15 heavy (non-hydrogen) atoms. The van der Waals surface area contributed by atoms with Crippen LogP contribution in [-0.4, -0.2) is 10.2 Å². The van der Waals surface area contributed by atoms with Gasteiger partial charge in [-0.25, -0.2) is 0 Å². The molecule has 1 unspecified atom stereocenters. The predicted octanol–water partition coefficient (Wildman–Crippen LogP) is 2.17. The lowest BCUT2D eigenvalue weighted by Crippen LogP contribution is -2.05. The number of nitrogen functional groups attached to an aromatic ring is 1. The van der Waals surface area contributed by atoms with Crippen molar-refractivity contribution in [2.45, 2.75) is 13.0 Å². The molecule has 4 nitrogen and oxygen atoms in total. The molecule has 0 amide bonds. The van der Waals surface area contributed by atoms with E-state index in [4.69, 9.17) is 5.73 Å². The van der Waals surface area contributed by atoms with Gasteiger partial charge in [-0.15, -0.1) is 0 Å². The average molecular weight is 202 g/mol. The van der Waals surface area contributed by atoms with Crippen LogP contribution in [0.3, 0.4) is 0 Å². The topological polar surface area (TPSA) is 66.7 Å². The molecule has 0 aliphatic carbocycles. The highest BCUT2D eigenvalue weighted by Gasteiger charge is 2.05. The number of nitrogens with one attached hydrogen (secondary N) is 2. The molecule has 4 heteroatoms. The van der Waals surface area contributed by atoms with Crippen molar-refractivity contribution < 1.29 is 0 Å². The number of rotatable bonds is 3. The Morgan fingerprint density at radius 1 is 1.47 bits per heavy atom. The lowest BCUT2D eigenvalue weighted by Gasteiger charge is -2.13. The summed E-state index contributed by atoms with van der Waals surface area (Å²) in [5.74, 6) is 0. The Bertz CT molecular complexity index is 422. The van der Waals surface area contributed by atoms with Crippen LogP contribution in [0.1, 0.15) is 18.5 Å². The Morgan fingerprint density at radius 3 is 3.00 bits per heavy atom. The van der Waals surface area contributed by atoms with Crippen molar-refractivity contribution in [3.63, 3.8) is 0 Å². The minimum atomic E-state index is 0.213. The summed E-state index contributed by atoms with van der Waals surface area (Å²) in [6, 6.07) is 7.92. The standard InChI is InChI=1S/C11H14N4/c1-8(9-6-13-14-7-9)15-11-4-2-3-10(12)5-11/h2-8,15H,12H2,1H3,(H,13,14). The van der Waals surface area contributed by atoms with Gasteiger partial charge in [0.1, 0.15) is 0 Å². The van der Waals surface area contributed by atoms with Crippen LogP contribution >= 0.6 is 0 Å². The number of nitrogens with two attached hydrogens (primary N) is 1. The molecule has 0 aliphatic rings.